The number of aliphatic hydroxyl groups excluding tert-OH is 1. The Bertz CT molecular complexity index is 1550. The van der Waals surface area contributed by atoms with Crippen molar-refractivity contribution in [3.05, 3.63) is 84.2 Å². The molecule has 2 aromatic heterocycles. The molecule has 10 heteroatoms. The molecule has 0 bridgehead atoms. The zero-order valence-electron chi connectivity index (χ0n) is 20.4. The number of rotatable bonds is 7. The van der Waals surface area contributed by atoms with Gasteiger partial charge in [0.05, 0.1) is 48.3 Å². The fraction of sp³-hybridized carbons (Fsp3) is 0.179. The first-order valence-electron chi connectivity index (χ1n) is 11.9. The summed E-state index contributed by atoms with van der Waals surface area (Å²) in [5.41, 5.74) is 3.18. The van der Waals surface area contributed by atoms with Gasteiger partial charge in [0.25, 0.3) is 5.91 Å². The number of nitrogens with zero attached hydrogens (tertiary/aromatic N) is 5. The quantitative estimate of drug-likeness (QED) is 0.382. The summed E-state index contributed by atoms with van der Waals surface area (Å²) in [6, 6.07) is 14.9. The maximum atomic E-state index is 14.6. The van der Waals surface area contributed by atoms with Crippen LogP contribution in [-0.2, 0) is 0 Å². The summed E-state index contributed by atoms with van der Waals surface area (Å²) in [6.45, 7) is 0.661. The molecule has 38 heavy (non-hydrogen) atoms. The highest BCUT2D eigenvalue weighted by Gasteiger charge is 2.30. The minimum absolute atomic E-state index is 0.0202. The SMILES string of the molecule is COc1cccc(F)c1-c1nccc(C(=O)Nc2ccc(-c3cnccc3C#N)cc2N2CCC2CO)n1. The van der Waals surface area contributed by atoms with Crippen LogP contribution in [0.3, 0.4) is 0 Å². The first-order valence-corrected chi connectivity index (χ1v) is 11.9. The maximum Gasteiger partial charge on any atom is 0.274 e. The number of amides is 1. The molecule has 0 radical (unpaired) electrons. The van der Waals surface area contributed by atoms with Crippen molar-refractivity contribution in [1.29, 1.82) is 5.26 Å². The van der Waals surface area contributed by atoms with Gasteiger partial charge in [-0.25, -0.2) is 14.4 Å². The summed E-state index contributed by atoms with van der Waals surface area (Å²) >= 11 is 0. The van der Waals surface area contributed by atoms with Crippen LogP contribution in [0.25, 0.3) is 22.5 Å². The van der Waals surface area contributed by atoms with Crippen molar-refractivity contribution in [1.82, 2.24) is 15.0 Å². The molecule has 0 saturated carbocycles. The largest absolute Gasteiger partial charge is 0.496 e. The van der Waals surface area contributed by atoms with E-state index < -0.39 is 11.7 Å². The second kappa shape index (κ2) is 10.6. The van der Waals surface area contributed by atoms with Crippen LogP contribution in [0.15, 0.2) is 67.1 Å². The Hall–Kier alpha value is -4.88. The van der Waals surface area contributed by atoms with E-state index in [1.807, 2.05) is 11.0 Å². The van der Waals surface area contributed by atoms with Gasteiger partial charge in [-0.3, -0.25) is 9.78 Å². The van der Waals surface area contributed by atoms with Crippen LogP contribution in [0.4, 0.5) is 15.8 Å². The number of methoxy groups -OCH3 is 1. The number of benzene rings is 2. The molecule has 5 rings (SSSR count). The third kappa shape index (κ3) is 4.63. The molecule has 1 aliphatic heterocycles. The summed E-state index contributed by atoms with van der Waals surface area (Å²) < 4.78 is 19.8. The lowest BCUT2D eigenvalue weighted by molar-refractivity contribution is 0.102. The number of carbonyl (C=O) groups excluding carboxylic acids is 1. The van der Waals surface area contributed by atoms with Crippen LogP contribution in [0.1, 0.15) is 22.5 Å². The Labute approximate surface area is 218 Å². The fourth-order valence-corrected chi connectivity index (χ4v) is 4.40. The standard InChI is InChI=1S/C28H23FN6O3/c1-38-25-4-2-3-21(29)26(25)27-32-11-8-23(33-27)28(37)34-22-6-5-17(20-15-31-10-7-18(20)14-30)13-24(22)35-12-9-19(35)16-36/h2-8,10-11,13,15,19,36H,9,12,16H2,1H3,(H,34,37). The van der Waals surface area contributed by atoms with Gasteiger partial charge < -0.3 is 20.1 Å². The molecule has 3 heterocycles. The van der Waals surface area contributed by atoms with Gasteiger partial charge in [0.1, 0.15) is 17.3 Å². The third-order valence-electron chi connectivity index (χ3n) is 6.47. The number of nitrogens with one attached hydrogen (secondary N) is 1. The molecule has 0 spiro atoms. The Morgan fingerprint density at radius 1 is 1.26 bits per heavy atom. The number of pyridine rings is 1. The summed E-state index contributed by atoms with van der Waals surface area (Å²) in [5, 5.41) is 22.2. The summed E-state index contributed by atoms with van der Waals surface area (Å²) in [4.78, 5) is 27.9. The number of anilines is 2. The minimum Gasteiger partial charge on any atom is -0.496 e. The van der Waals surface area contributed by atoms with Gasteiger partial charge in [0.2, 0.25) is 0 Å². The van der Waals surface area contributed by atoms with Crippen LogP contribution < -0.4 is 15.0 Å². The van der Waals surface area contributed by atoms with Crippen molar-refractivity contribution >= 4 is 17.3 Å². The second-order valence-corrected chi connectivity index (χ2v) is 8.62. The van der Waals surface area contributed by atoms with Gasteiger partial charge in [0, 0.05) is 30.7 Å². The van der Waals surface area contributed by atoms with Gasteiger partial charge in [-0.1, -0.05) is 12.1 Å². The molecular formula is C28H23FN6O3. The molecule has 1 fully saturated rings. The molecule has 1 amide bonds. The highest BCUT2D eigenvalue weighted by Crippen LogP contribution is 2.37. The Kier molecular flexibility index (Phi) is 6.93. The zero-order chi connectivity index (χ0) is 26.6. The normalized spacial score (nSPS) is 14.4. The first-order chi connectivity index (χ1) is 18.5. The lowest BCUT2D eigenvalue weighted by Gasteiger charge is -2.43. The van der Waals surface area contributed by atoms with Gasteiger partial charge in [-0.15, -0.1) is 0 Å². The predicted octanol–water partition coefficient (Wildman–Crippen LogP) is 4.05. The smallest absolute Gasteiger partial charge is 0.274 e. The monoisotopic (exact) mass is 510 g/mol. The molecule has 1 atom stereocenters. The van der Waals surface area contributed by atoms with Crippen molar-refractivity contribution in [2.45, 2.75) is 12.5 Å². The average Bonchev–Trinajstić information content (AvgIpc) is 2.93. The molecule has 9 nitrogen and oxygen atoms in total. The topological polar surface area (TPSA) is 124 Å². The highest BCUT2D eigenvalue weighted by molar-refractivity contribution is 6.05. The van der Waals surface area contributed by atoms with Crippen LogP contribution >= 0.6 is 0 Å². The Balaban J connectivity index is 1.50. The second-order valence-electron chi connectivity index (χ2n) is 8.62. The number of ether oxygens (including phenoxy) is 1. The van der Waals surface area contributed by atoms with E-state index in [1.165, 1.54) is 31.5 Å². The molecule has 0 aliphatic carbocycles. The molecule has 1 unspecified atom stereocenters. The molecule has 1 aliphatic rings. The number of aliphatic hydroxyl groups is 1. The number of aromatic nitrogens is 3. The number of hydrogen-bond acceptors (Lipinski definition) is 8. The van der Waals surface area contributed by atoms with Crippen LogP contribution in [0.5, 0.6) is 5.75 Å². The summed E-state index contributed by atoms with van der Waals surface area (Å²) in [6.07, 6.45) is 5.37. The number of hydrogen-bond donors (Lipinski definition) is 2. The van der Waals surface area contributed by atoms with E-state index in [2.05, 4.69) is 26.3 Å². The molecule has 2 N–H and O–H groups in total. The highest BCUT2D eigenvalue weighted by atomic mass is 19.1. The predicted molar refractivity (Wildman–Crippen MR) is 139 cm³/mol. The van der Waals surface area contributed by atoms with Gasteiger partial charge >= 0.3 is 0 Å². The van der Waals surface area contributed by atoms with Crippen molar-refractivity contribution in [2.75, 3.05) is 30.5 Å². The maximum absolute atomic E-state index is 14.6. The average molecular weight is 511 g/mol. The van der Waals surface area contributed by atoms with Gasteiger partial charge in [-0.05, 0) is 48.4 Å². The Morgan fingerprint density at radius 3 is 2.87 bits per heavy atom. The molecule has 1 saturated heterocycles. The first kappa shape index (κ1) is 24.8. The van der Waals surface area contributed by atoms with E-state index in [0.29, 0.717) is 29.0 Å². The summed E-state index contributed by atoms with van der Waals surface area (Å²) in [5.74, 6) is -0.815. The van der Waals surface area contributed by atoms with Gasteiger partial charge in [-0.2, -0.15) is 5.26 Å². The van der Waals surface area contributed by atoms with Crippen molar-refractivity contribution in [3.63, 3.8) is 0 Å². The minimum atomic E-state index is -0.570. The van der Waals surface area contributed by atoms with E-state index in [4.69, 9.17) is 4.74 Å². The molecular weight excluding hydrogens is 487 g/mol. The van der Waals surface area contributed by atoms with Crippen LogP contribution in [0, 0.1) is 17.1 Å². The van der Waals surface area contributed by atoms with E-state index >= 15 is 0 Å². The van der Waals surface area contributed by atoms with E-state index in [9.17, 15) is 19.6 Å². The zero-order valence-corrected chi connectivity index (χ0v) is 20.4. The van der Waals surface area contributed by atoms with E-state index in [1.54, 1.807) is 36.7 Å². The lowest BCUT2D eigenvalue weighted by Crippen LogP contribution is -2.50. The van der Waals surface area contributed by atoms with Gasteiger partial charge in [0.15, 0.2) is 5.82 Å². The fourth-order valence-electron chi connectivity index (χ4n) is 4.40. The van der Waals surface area contributed by atoms with Crippen molar-refractivity contribution in [2.24, 2.45) is 0 Å². The molecule has 2 aromatic carbocycles. The summed E-state index contributed by atoms with van der Waals surface area (Å²) in [7, 11) is 1.42. The Morgan fingerprint density at radius 2 is 2.13 bits per heavy atom. The molecule has 190 valence electrons. The molecule has 4 aromatic rings. The van der Waals surface area contributed by atoms with Crippen molar-refractivity contribution in [3.8, 4) is 34.3 Å². The third-order valence-corrected chi connectivity index (χ3v) is 6.47. The van der Waals surface area contributed by atoms with Crippen LogP contribution in [0.2, 0.25) is 0 Å². The van der Waals surface area contributed by atoms with Crippen molar-refractivity contribution < 1.29 is 19.0 Å². The number of nitriles is 1. The number of carbonyl (C=O) groups is 1. The lowest BCUT2D eigenvalue weighted by atomic mass is 9.97. The van der Waals surface area contributed by atoms with Crippen LogP contribution in [-0.4, -0.2) is 52.3 Å². The van der Waals surface area contributed by atoms with E-state index in [0.717, 1.165) is 12.0 Å². The number of halogens is 1. The van der Waals surface area contributed by atoms with E-state index in [-0.39, 0.29) is 35.5 Å².